The minimum atomic E-state index is -3.77. The molecule has 0 spiro atoms. The summed E-state index contributed by atoms with van der Waals surface area (Å²) in [5, 5.41) is 2.81. The number of aromatic nitrogens is 1. The number of thiazole rings is 1. The fraction of sp³-hybridized carbons (Fsp3) is 0.318. The van der Waals surface area contributed by atoms with Gasteiger partial charge in [0, 0.05) is 37.1 Å². The summed E-state index contributed by atoms with van der Waals surface area (Å²) < 4.78 is 40.5. The van der Waals surface area contributed by atoms with E-state index in [1.54, 1.807) is 11.3 Å². The second kappa shape index (κ2) is 9.24. The van der Waals surface area contributed by atoms with Crippen LogP contribution < -0.4 is 4.90 Å². The molecule has 1 saturated heterocycles. The summed E-state index contributed by atoms with van der Waals surface area (Å²) in [7, 11) is -3.77. The van der Waals surface area contributed by atoms with E-state index >= 15 is 0 Å². The molecule has 1 aliphatic heterocycles. The molecule has 3 aromatic rings. The van der Waals surface area contributed by atoms with Crippen LogP contribution in [0.4, 0.5) is 9.52 Å². The van der Waals surface area contributed by atoms with Crippen molar-refractivity contribution in [2.45, 2.75) is 24.7 Å². The Morgan fingerprint density at radius 3 is 2.45 bits per heavy atom. The van der Waals surface area contributed by atoms with Crippen molar-refractivity contribution in [1.82, 2.24) is 9.29 Å². The first-order valence-electron chi connectivity index (χ1n) is 10.1. The molecule has 5 nitrogen and oxygen atoms in total. The van der Waals surface area contributed by atoms with Crippen molar-refractivity contribution in [1.29, 1.82) is 0 Å². The summed E-state index contributed by atoms with van der Waals surface area (Å²) >= 11 is 7.54. The van der Waals surface area contributed by atoms with Crippen LogP contribution in [-0.2, 0) is 16.4 Å². The summed E-state index contributed by atoms with van der Waals surface area (Å²) in [6.07, 6.45) is 2.19. The second-order valence-corrected chi connectivity index (χ2v) is 10.6. The largest absolute Gasteiger partial charge is 0.345 e. The molecular formula is C22H23ClFN3O2S2. The topological polar surface area (TPSA) is 53.5 Å². The van der Waals surface area contributed by atoms with E-state index in [9.17, 15) is 12.8 Å². The molecular weight excluding hydrogens is 457 g/mol. The fourth-order valence-corrected chi connectivity index (χ4v) is 6.43. The third-order valence-electron chi connectivity index (χ3n) is 5.30. The number of hydrogen-bond donors (Lipinski definition) is 0. The lowest BCUT2D eigenvalue weighted by Crippen LogP contribution is -2.48. The lowest BCUT2D eigenvalue weighted by atomic mass is 10.1. The van der Waals surface area contributed by atoms with Gasteiger partial charge in [-0.05, 0) is 30.2 Å². The van der Waals surface area contributed by atoms with Crippen LogP contribution in [0.25, 0.3) is 11.3 Å². The minimum Gasteiger partial charge on any atom is -0.345 e. The van der Waals surface area contributed by atoms with Crippen LogP contribution in [0.15, 0.2) is 52.7 Å². The van der Waals surface area contributed by atoms with E-state index in [-0.39, 0.29) is 9.92 Å². The molecule has 164 valence electrons. The van der Waals surface area contributed by atoms with E-state index in [0.29, 0.717) is 26.2 Å². The van der Waals surface area contributed by atoms with E-state index in [1.165, 1.54) is 15.9 Å². The summed E-state index contributed by atoms with van der Waals surface area (Å²) in [5.74, 6) is -0.562. The lowest BCUT2D eigenvalue weighted by molar-refractivity contribution is 0.384. The van der Waals surface area contributed by atoms with Crippen LogP contribution in [0, 0.1) is 5.82 Å². The number of halogens is 2. The van der Waals surface area contributed by atoms with Gasteiger partial charge in [0.15, 0.2) is 5.13 Å². The number of nitrogens with zero attached hydrogens (tertiary/aromatic N) is 3. The highest BCUT2D eigenvalue weighted by Gasteiger charge is 2.31. The van der Waals surface area contributed by atoms with E-state index in [4.69, 9.17) is 16.6 Å². The zero-order valence-electron chi connectivity index (χ0n) is 17.1. The van der Waals surface area contributed by atoms with Gasteiger partial charge in [0.25, 0.3) is 0 Å². The molecule has 0 saturated carbocycles. The second-order valence-electron chi connectivity index (χ2n) is 7.43. The molecule has 31 heavy (non-hydrogen) atoms. The molecule has 0 atom stereocenters. The number of aryl methyl sites for hydroxylation is 1. The number of rotatable bonds is 6. The van der Waals surface area contributed by atoms with Gasteiger partial charge in [0.1, 0.15) is 10.7 Å². The number of anilines is 1. The van der Waals surface area contributed by atoms with Crippen molar-refractivity contribution in [3.05, 3.63) is 64.2 Å². The Labute approximate surface area is 191 Å². The number of piperazine rings is 1. The van der Waals surface area contributed by atoms with Crippen molar-refractivity contribution in [2.24, 2.45) is 0 Å². The first kappa shape index (κ1) is 22.2. The highest BCUT2D eigenvalue weighted by molar-refractivity contribution is 7.89. The van der Waals surface area contributed by atoms with Crippen molar-refractivity contribution in [3.63, 3.8) is 0 Å². The highest BCUT2D eigenvalue weighted by atomic mass is 35.5. The van der Waals surface area contributed by atoms with Gasteiger partial charge in [-0.15, -0.1) is 11.3 Å². The number of sulfonamides is 1. The molecule has 0 bridgehead atoms. The summed E-state index contributed by atoms with van der Waals surface area (Å²) in [6.45, 7) is 3.86. The summed E-state index contributed by atoms with van der Waals surface area (Å²) in [4.78, 5) is 6.79. The molecule has 0 aliphatic carbocycles. The van der Waals surface area contributed by atoms with Gasteiger partial charge in [-0.25, -0.2) is 17.8 Å². The minimum absolute atomic E-state index is 0.0629. The lowest BCUT2D eigenvalue weighted by Gasteiger charge is -2.33. The average molecular weight is 480 g/mol. The van der Waals surface area contributed by atoms with Crippen LogP contribution in [-0.4, -0.2) is 43.9 Å². The average Bonchev–Trinajstić information content (AvgIpc) is 3.25. The molecule has 0 amide bonds. The van der Waals surface area contributed by atoms with Crippen molar-refractivity contribution in [3.8, 4) is 11.3 Å². The van der Waals surface area contributed by atoms with Crippen LogP contribution >= 0.6 is 22.9 Å². The third-order valence-corrected chi connectivity index (χ3v) is 8.58. The maximum Gasteiger partial charge on any atom is 0.244 e. The number of benzene rings is 2. The van der Waals surface area contributed by atoms with Crippen LogP contribution in [0.2, 0.25) is 5.02 Å². The molecule has 0 radical (unpaired) electrons. The first-order chi connectivity index (χ1) is 14.9. The Balaban J connectivity index is 1.43. The Morgan fingerprint density at radius 1 is 1.10 bits per heavy atom. The summed E-state index contributed by atoms with van der Waals surface area (Å²) in [5.41, 5.74) is 3.33. The number of hydrogen-bond acceptors (Lipinski definition) is 5. The molecule has 1 aliphatic rings. The van der Waals surface area contributed by atoms with E-state index < -0.39 is 15.8 Å². The maximum atomic E-state index is 13.3. The van der Waals surface area contributed by atoms with Gasteiger partial charge >= 0.3 is 0 Å². The monoisotopic (exact) mass is 479 g/mol. The highest BCUT2D eigenvalue weighted by Crippen LogP contribution is 2.30. The molecule has 0 N–H and O–H groups in total. The maximum absolute atomic E-state index is 13.3. The quantitative estimate of drug-likeness (QED) is 0.495. The Morgan fingerprint density at radius 2 is 1.81 bits per heavy atom. The van der Waals surface area contributed by atoms with Crippen molar-refractivity contribution >= 4 is 38.1 Å². The van der Waals surface area contributed by atoms with Gasteiger partial charge in [-0.3, -0.25) is 0 Å². The molecule has 0 unspecified atom stereocenters. The molecule has 9 heteroatoms. The molecule has 2 heterocycles. The van der Waals surface area contributed by atoms with Crippen LogP contribution in [0.3, 0.4) is 0 Å². The molecule has 1 fully saturated rings. The standard InChI is InChI=1S/C22H23ClFN3O2S2/c1-2-3-16-4-6-17(7-5-16)20-15-30-22(25-20)26-10-12-27(13-11-26)31(28,29)21-9-8-18(24)14-19(21)23/h4-9,14-15H,2-3,10-13H2,1H3. The summed E-state index contributed by atoms with van der Waals surface area (Å²) in [6, 6.07) is 11.8. The molecule has 1 aromatic heterocycles. The van der Waals surface area contributed by atoms with Crippen molar-refractivity contribution < 1.29 is 12.8 Å². The Bertz CT molecular complexity index is 1160. The van der Waals surface area contributed by atoms with Crippen LogP contribution in [0.1, 0.15) is 18.9 Å². The zero-order chi connectivity index (χ0) is 22.0. The van der Waals surface area contributed by atoms with Gasteiger partial charge in [-0.2, -0.15) is 4.31 Å². The fourth-order valence-electron chi connectivity index (χ4n) is 3.62. The predicted octanol–water partition coefficient (Wildman–Crippen LogP) is 5.07. The predicted molar refractivity (Wildman–Crippen MR) is 124 cm³/mol. The first-order valence-corrected chi connectivity index (χ1v) is 12.8. The van der Waals surface area contributed by atoms with Crippen LogP contribution in [0.5, 0.6) is 0 Å². The van der Waals surface area contributed by atoms with E-state index in [1.807, 2.05) is 5.38 Å². The smallest absolute Gasteiger partial charge is 0.244 e. The van der Waals surface area contributed by atoms with Gasteiger partial charge < -0.3 is 4.90 Å². The third kappa shape index (κ3) is 4.77. The van der Waals surface area contributed by atoms with Gasteiger partial charge in [-0.1, -0.05) is 49.2 Å². The SMILES string of the molecule is CCCc1ccc(-c2csc(N3CCN(S(=O)(=O)c4ccc(F)cc4Cl)CC3)n2)cc1. The van der Waals surface area contributed by atoms with Gasteiger partial charge in [0.05, 0.1) is 10.7 Å². The Hall–Kier alpha value is -2.00. The molecule has 2 aromatic carbocycles. The normalized spacial score (nSPS) is 15.4. The zero-order valence-corrected chi connectivity index (χ0v) is 19.5. The van der Waals surface area contributed by atoms with E-state index in [0.717, 1.165) is 41.4 Å². The van der Waals surface area contributed by atoms with Crippen molar-refractivity contribution in [2.75, 3.05) is 31.1 Å². The van der Waals surface area contributed by atoms with E-state index in [2.05, 4.69) is 36.1 Å². The Kier molecular flexibility index (Phi) is 6.62. The van der Waals surface area contributed by atoms with Gasteiger partial charge in [0.2, 0.25) is 10.0 Å². The molecule has 4 rings (SSSR count).